The molecule has 2 fully saturated rings. The molecule has 1 saturated carbocycles. The minimum absolute atomic E-state index is 0.0296. The topological polar surface area (TPSA) is 69.6 Å². The van der Waals surface area contributed by atoms with Crippen LogP contribution in [0.5, 0.6) is 0 Å². The Labute approximate surface area is 117 Å². The lowest BCUT2D eigenvalue weighted by Crippen LogP contribution is -2.40. The van der Waals surface area contributed by atoms with E-state index in [9.17, 15) is 9.59 Å². The van der Waals surface area contributed by atoms with Crippen molar-refractivity contribution in [2.45, 2.75) is 31.7 Å². The molecule has 2 bridgehead atoms. The summed E-state index contributed by atoms with van der Waals surface area (Å²) in [6.07, 6.45) is 3.45. The second-order valence-corrected chi connectivity index (χ2v) is 5.69. The van der Waals surface area contributed by atoms with Gasteiger partial charge in [0.15, 0.2) is 0 Å². The van der Waals surface area contributed by atoms with Gasteiger partial charge in [0.1, 0.15) is 0 Å². The standard InChI is InChI=1S/C15H18N2O3/c18-14(19)8-10-2-1-3-12(6-10)16-15(20)17-9-11-4-5-13(17)7-11/h1-3,6,11,13H,4-5,7-9H2,(H,16,20)(H,18,19). The average Bonchev–Trinajstić information content (AvgIpc) is 3.00. The number of carbonyl (C=O) groups excluding carboxylic acids is 1. The summed E-state index contributed by atoms with van der Waals surface area (Å²) >= 11 is 0. The minimum atomic E-state index is -0.870. The molecule has 0 aromatic heterocycles. The molecule has 20 heavy (non-hydrogen) atoms. The second kappa shape index (κ2) is 5.15. The number of likely N-dealkylation sites (tertiary alicyclic amines) is 1. The van der Waals surface area contributed by atoms with Crippen molar-refractivity contribution in [3.8, 4) is 0 Å². The van der Waals surface area contributed by atoms with Crippen molar-refractivity contribution >= 4 is 17.7 Å². The van der Waals surface area contributed by atoms with Crippen LogP contribution in [0, 0.1) is 5.92 Å². The van der Waals surface area contributed by atoms with Crippen LogP contribution >= 0.6 is 0 Å². The Bertz CT molecular complexity index is 544. The lowest BCUT2D eigenvalue weighted by Gasteiger charge is -2.27. The number of anilines is 1. The van der Waals surface area contributed by atoms with Crippen LogP contribution in [0.2, 0.25) is 0 Å². The van der Waals surface area contributed by atoms with Crippen molar-refractivity contribution in [1.82, 2.24) is 4.90 Å². The number of amides is 2. The van der Waals surface area contributed by atoms with E-state index >= 15 is 0 Å². The number of nitrogens with one attached hydrogen (secondary N) is 1. The summed E-state index contributed by atoms with van der Waals surface area (Å²) in [6, 6.07) is 7.36. The molecular weight excluding hydrogens is 256 g/mol. The molecule has 1 aromatic rings. The van der Waals surface area contributed by atoms with Gasteiger partial charge in [0.2, 0.25) is 0 Å². The molecule has 2 amide bonds. The van der Waals surface area contributed by atoms with E-state index in [2.05, 4.69) is 5.32 Å². The number of benzene rings is 1. The largest absolute Gasteiger partial charge is 0.481 e. The molecule has 0 radical (unpaired) electrons. The van der Waals surface area contributed by atoms with Gasteiger partial charge in [-0.15, -0.1) is 0 Å². The fourth-order valence-electron chi connectivity index (χ4n) is 3.30. The molecular formula is C15H18N2O3. The van der Waals surface area contributed by atoms with Gasteiger partial charge in [-0.25, -0.2) is 4.79 Å². The number of hydrogen-bond donors (Lipinski definition) is 2. The second-order valence-electron chi connectivity index (χ2n) is 5.69. The van der Waals surface area contributed by atoms with E-state index in [1.807, 2.05) is 4.90 Å². The first kappa shape index (κ1) is 13.0. The van der Waals surface area contributed by atoms with E-state index in [0.29, 0.717) is 23.2 Å². The highest BCUT2D eigenvalue weighted by Gasteiger charge is 2.40. The summed E-state index contributed by atoms with van der Waals surface area (Å²) in [7, 11) is 0. The summed E-state index contributed by atoms with van der Waals surface area (Å²) < 4.78 is 0. The lowest BCUT2D eigenvalue weighted by atomic mass is 10.1. The maximum Gasteiger partial charge on any atom is 0.322 e. The Balaban J connectivity index is 1.65. The molecule has 2 atom stereocenters. The Morgan fingerprint density at radius 3 is 2.85 bits per heavy atom. The number of rotatable bonds is 3. The van der Waals surface area contributed by atoms with E-state index in [4.69, 9.17) is 5.11 Å². The van der Waals surface area contributed by atoms with E-state index in [0.717, 1.165) is 19.4 Å². The number of carboxylic acids is 1. The Morgan fingerprint density at radius 2 is 2.20 bits per heavy atom. The van der Waals surface area contributed by atoms with Crippen LogP contribution < -0.4 is 5.32 Å². The van der Waals surface area contributed by atoms with Crippen molar-refractivity contribution in [1.29, 1.82) is 0 Å². The number of hydrogen-bond acceptors (Lipinski definition) is 2. The van der Waals surface area contributed by atoms with Crippen molar-refractivity contribution in [3.05, 3.63) is 29.8 Å². The Hall–Kier alpha value is -2.04. The first-order valence-electron chi connectivity index (χ1n) is 7.00. The molecule has 1 heterocycles. The zero-order valence-corrected chi connectivity index (χ0v) is 11.2. The molecule has 5 nitrogen and oxygen atoms in total. The maximum absolute atomic E-state index is 12.2. The zero-order chi connectivity index (χ0) is 14.1. The third-order valence-corrected chi connectivity index (χ3v) is 4.20. The van der Waals surface area contributed by atoms with Gasteiger partial charge in [-0.1, -0.05) is 12.1 Å². The summed E-state index contributed by atoms with van der Waals surface area (Å²) in [4.78, 5) is 24.9. The number of nitrogens with zero attached hydrogens (tertiary/aromatic N) is 1. The number of carboxylic acid groups (broad SMARTS) is 1. The minimum Gasteiger partial charge on any atom is -0.481 e. The van der Waals surface area contributed by atoms with Crippen LogP contribution in [0.3, 0.4) is 0 Å². The zero-order valence-electron chi connectivity index (χ0n) is 11.2. The molecule has 106 valence electrons. The molecule has 1 aliphatic heterocycles. The monoisotopic (exact) mass is 274 g/mol. The van der Waals surface area contributed by atoms with Crippen LogP contribution in [0.1, 0.15) is 24.8 Å². The van der Waals surface area contributed by atoms with E-state index < -0.39 is 5.97 Å². The smallest absolute Gasteiger partial charge is 0.322 e. The quantitative estimate of drug-likeness (QED) is 0.888. The van der Waals surface area contributed by atoms with Gasteiger partial charge in [-0.2, -0.15) is 0 Å². The third-order valence-electron chi connectivity index (χ3n) is 4.20. The molecule has 0 spiro atoms. The molecule has 2 aliphatic rings. The number of carbonyl (C=O) groups is 2. The van der Waals surface area contributed by atoms with Gasteiger partial charge in [0, 0.05) is 18.3 Å². The van der Waals surface area contributed by atoms with Crippen LogP contribution in [0.25, 0.3) is 0 Å². The Morgan fingerprint density at radius 1 is 1.35 bits per heavy atom. The number of piperidine rings is 1. The van der Waals surface area contributed by atoms with Crippen molar-refractivity contribution in [2.75, 3.05) is 11.9 Å². The van der Waals surface area contributed by atoms with Crippen LogP contribution in [-0.4, -0.2) is 34.6 Å². The van der Waals surface area contributed by atoms with Gasteiger partial charge in [0.25, 0.3) is 0 Å². The summed E-state index contributed by atoms with van der Waals surface area (Å²) in [5.74, 6) is -0.200. The van der Waals surface area contributed by atoms with E-state index in [-0.39, 0.29) is 12.5 Å². The molecule has 2 unspecified atom stereocenters. The van der Waals surface area contributed by atoms with Crippen LogP contribution in [0.4, 0.5) is 10.5 Å². The number of aliphatic carboxylic acids is 1. The molecule has 1 saturated heterocycles. The fourth-order valence-corrected chi connectivity index (χ4v) is 3.30. The fraction of sp³-hybridized carbons (Fsp3) is 0.467. The van der Waals surface area contributed by atoms with E-state index in [1.54, 1.807) is 24.3 Å². The molecule has 3 rings (SSSR count). The number of urea groups is 1. The average molecular weight is 274 g/mol. The molecule has 2 N–H and O–H groups in total. The lowest BCUT2D eigenvalue weighted by molar-refractivity contribution is -0.136. The predicted molar refractivity (Wildman–Crippen MR) is 74.6 cm³/mol. The van der Waals surface area contributed by atoms with Gasteiger partial charge < -0.3 is 15.3 Å². The first-order valence-corrected chi connectivity index (χ1v) is 7.00. The van der Waals surface area contributed by atoms with Crippen molar-refractivity contribution in [3.63, 3.8) is 0 Å². The highest BCUT2D eigenvalue weighted by Crippen LogP contribution is 2.37. The van der Waals surface area contributed by atoms with Gasteiger partial charge in [-0.3, -0.25) is 4.79 Å². The van der Waals surface area contributed by atoms with Gasteiger partial charge in [-0.05, 0) is 42.9 Å². The Kier molecular flexibility index (Phi) is 3.34. The summed E-state index contributed by atoms with van der Waals surface area (Å²) in [5.41, 5.74) is 1.36. The van der Waals surface area contributed by atoms with E-state index in [1.165, 1.54) is 6.42 Å². The predicted octanol–water partition coefficient (Wildman–Crippen LogP) is 2.33. The first-order chi connectivity index (χ1) is 9.61. The van der Waals surface area contributed by atoms with Crippen molar-refractivity contribution < 1.29 is 14.7 Å². The summed E-state index contributed by atoms with van der Waals surface area (Å²) in [6.45, 7) is 0.852. The van der Waals surface area contributed by atoms with Crippen LogP contribution in [0.15, 0.2) is 24.3 Å². The SMILES string of the molecule is O=C(O)Cc1cccc(NC(=O)N2CC3CCC2C3)c1. The maximum atomic E-state index is 12.2. The van der Waals surface area contributed by atoms with Crippen LogP contribution in [-0.2, 0) is 11.2 Å². The normalized spacial score (nSPS) is 23.9. The van der Waals surface area contributed by atoms with Crippen molar-refractivity contribution in [2.24, 2.45) is 5.92 Å². The number of fused-ring (bicyclic) bond motifs is 2. The third kappa shape index (κ3) is 2.61. The molecule has 5 heteroatoms. The van der Waals surface area contributed by atoms with Gasteiger partial charge >= 0.3 is 12.0 Å². The molecule has 1 aromatic carbocycles. The highest BCUT2D eigenvalue weighted by atomic mass is 16.4. The van der Waals surface area contributed by atoms with Gasteiger partial charge in [0.05, 0.1) is 6.42 Å². The summed E-state index contributed by atoms with van der Waals surface area (Å²) in [5, 5.41) is 11.7. The highest BCUT2D eigenvalue weighted by molar-refractivity contribution is 5.90. The molecule has 1 aliphatic carbocycles.